The minimum atomic E-state index is -0.179. The zero-order valence-electron chi connectivity index (χ0n) is 22.0. The zero-order valence-corrected chi connectivity index (χ0v) is 22.0. The first kappa shape index (κ1) is 26.4. The molecular weight excluding hydrogens is 454 g/mol. The Bertz CT molecular complexity index is 998. The SMILES string of the molecule is COC[C@H](C)Oc1cccc(C(CC(=O)OC)CN2CC[C@@H](CCc3ccc4c(n3)NCCC4)C2)c1. The maximum atomic E-state index is 12.2. The summed E-state index contributed by atoms with van der Waals surface area (Å²) in [5.74, 6) is 2.42. The van der Waals surface area contributed by atoms with Gasteiger partial charge in [-0.3, -0.25) is 4.79 Å². The molecule has 0 saturated carbocycles. The fraction of sp³-hybridized carbons (Fsp3) is 0.586. The first-order chi connectivity index (χ1) is 17.5. The first-order valence-electron chi connectivity index (χ1n) is 13.3. The van der Waals surface area contributed by atoms with Gasteiger partial charge in [-0.05, 0) is 80.8 Å². The van der Waals surface area contributed by atoms with Crippen LogP contribution >= 0.6 is 0 Å². The monoisotopic (exact) mass is 495 g/mol. The fourth-order valence-corrected chi connectivity index (χ4v) is 5.40. The van der Waals surface area contributed by atoms with Crippen molar-refractivity contribution >= 4 is 11.8 Å². The van der Waals surface area contributed by atoms with Gasteiger partial charge < -0.3 is 24.4 Å². The summed E-state index contributed by atoms with van der Waals surface area (Å²) in [6.07, 6.45) is 5.98. The van der Waals surface area contributed by atoms with E-state index in [9.17, 15) is 4.79 Å². The molecule has 0 amide bonds. The Morgan fingerprint density at radius 2 is 2.14 bits per heavy atom. The van der Waals surface area contributed by atoms with Crippen LogP contribution < -0.4 is 10.1 Å². The number of carbonyl (C=O) groups excluding carboxylic acids is 1. The molecule has 7 heteroatoms. The third-order valence-corrected chi connectivity index (χ3v) is 7.32. The van der Waals surface area contributed by atoms with Crippen molar-refractivity contribution in [3.05, 3.63) is 53.2 Å². The maximum absolute atomic E-state index is 12.2. The number of fused-ring (bicyclic) bond motifs is 1. The molecule has 0 bridgehead atoms. The van der Waals surface area contributed by atoms with Gasteiger partial charge in [0.2, 0.25) is 0 Å². The van der Waals surface area contributed by atoms with E-state index in [-0.39, 0.29) is 18.0 Å². The average molecular weight is 496 g/mol. The van der Waals surface area contributed by atoms with Crippen molar-refractivity contribution in [2.45, 2.75) is 57.5 Å². The highest BCUT2D eigenvalue weighted by Gasteiger charge is 2.27. The van der Waals surface area contributed by atoms with E-state index in [1.165, 1.54) is 31.2 Å². The van der Waals surface area contributed by atoms with Crippen molar-refractivity contribution in [1.29, 1.82) is 0 Å². The highest BCUT2D eigenvalue weighted by Crippen LogP contribution is 2.29. The summed E-state index contributed by atoms with van der Waals surface area (Å²) in [6.45, 7) is 6.49. The molecule has 196 valence electrons. The third-order valence-electron chi connectivity index (χ3n) is 7.32. The highest BCUT2D eigenvalue weighted by atomic mass is 16.5. The summed E-state index contributed by atoms with van der Waals surface area (Å²) in [4.78, 5) is 19.6. The Morgan fingerprint density at radius 1 is 1.25 bits per heavy atom. The van der Waals surface area contributed by atoms with E-state index >= 15 is 0 Å². The van der Waals surface area contributed by atoms with Gasteiger partial charge in [-0.1, -0.05) is 18.2 Å². The molecule has 1 fully saturated rings. The number of ether oxygens (including phenoxy) is 3. The molecule has 1 aromatic carbocycles. The van der Waals surface area contributed by atoms with Crippen LogP contribution in [-0.4, -0.2) is 69.0 Å². The molecule has 0 aliphatic carbocycles. The number of benzene rings is 1. The molecule has 2 aliphatic rings. The number of esters is 1. The van der Waals surface area contributed by atoms with Gasteiger partial charge in [0, 0.05) is 38.4 Å². The Balaban J connectivity index is 1.34. The lowest BCUT2D eigenvalue weighted by molar-refractivity contribution is -0.141. The normalized spacial score (nSPS) is 19.2. The van der Waals surface area contributed by atoms with Gasteiger partial charge in [-0.25, -0.2) is 4.98 Å². The molecule has 7 nitrogen and oxygen atoms in total. The molecule has 3 atom stereocenters. The van der Waals surface area contributed by atoms with Crippen LogP contribution in [0.3, 0.4) is 0 Å². The van der Waals surface area contributed by atoms with Crippen molar-refractivity contribution < 1.29 is 19.0 Å². The van der Waals surface area contributed by atoms with E-state index < -0.39 is 0 Å². The predicted molar refractivity (Wildman–Crippen MR) is 142 cm³/mol. The van der Waals surface area contributed by atoms with Crippen LogP contribution in [0.2, 0.25) is 0 Å². The van der Waals surface area contributed by atoms with Gasteiger partial charge in [-0.15, -0.1) is 0 Å². The molecule has 3 heterocycles. The number of aromatic nitrogens is 1. The summed E-state index contributed by atoms with van der Waals surface area (Å²) in [5, 5.41) is 3.44. The van der Waals surface area contributed by atoms with E-state index in [2.05, 4.69) is 34.5 Å². The largest absolute Gasteiger partial charge is 0.488 e. The second-order valence-electron chi connectivity index (χ2n) is 10.2. The number of nitrogens with zero attached hydrogens (tertiary/aromatic N) is 2. The molecule has 1 unspecified atom stereocenters. The van der Waals surface area contributed by atoms with Gasteiger partial charge in [-0.2, -0.15) is 0 Å². The van der Waals surface area contributed by atoms with E-state index in [0.29, 0.717) is 18.9 Å². The predicted octanol–water partition coefficient (Wildman–Crippen LogP) is 4.45. The fourth-order valence-electron chi connectivity index (χ4n) is 5.40. The number of methoxy groups -OCH3 is 2. The molecule has 1 N–H and O–H groups in total. The number of carbonyl (C=O) groups is 1. The molecule has 0 spiro atoms. The Labute approximate surface area is 215 Å². The number of hydrogen-bond donors (Lipinski definition) is 1. The Hall–Kier alpha value is -2.64. The molecule has 2 aromatic rings. The summed E-state index contributed by atoms with van der Waals surface area (Å²) < 4.78 is 16.2. The summed E-state index contributed by atoms with van der Waals surface area (Å²) in [5.41, 5.74) is 3.64. The lowest BCUT2D eigenvalue weighted by Gasteiger charge is -2.24. The van der Waals surface area contributed by atoms with Crippen LogP contribution in [0.4, 0.5) is 5.82 Å². The Morgan fingerprint density at radius 3 is 2.97 bits per heavy atom. The van der Waals surface area contributed by atoms with Crippen LogP contribution in [0, 0.1) is 5.92 Å². The van der Waals surface area contributed by atoms with E-state index in [0.717, 1.165) is 62.6 Å². The number of pyridine rings is 1. The van der Waals surface area contributed by atoms with Crippen LogP contribution in [0.5, 0.6) is 5.75 Å². The minimum absolute atomic E-state index is 0.0379. The van der Waals surface area contributed by atoms with Crippen LogP contribution in [0.1, 0.15) is 55.3 Å². The minimum Gasteiger partial charge on any atom is -0.488 e. The van der Waals surface area contributed by atoms with Gasteiger partial charge in [0.15, 0.2) is 0 Å². The van der Waals surface area contributed by atoms with Gasteiger partial charge in [0.1, 0.15) is 17.7 Å². The molecule has 1 aromatic heterocycles. The van der Waals surface area contributed by atoms with Gasteiger partial charge in [0.25, 0.3) is 0 Å². The van der Waals surface area contributed by atoms with Crippen molar-refractivity contribution in [3.8, 4) is 5.75 Å². The smallest absolute Gasteiger partial charge is 0.306 e. The number of anilines is 1. The zero-order chi connectivity index (χ0) is 25.3. The second-order valence-corrected chi connectivity index (χ2v) is 10.2. The number of likely N-dealkylation sites (tertiary alicyclic amines) is 1. The second kappa shape index (κ2) is 13.1. The first-order valence-corrected chi connectivity index (χ1v) is 13.3. The van der Waals surface area contributed by atoms with Crippen LogP contribution in [0.25, 0.3) is 0 Å². The van der Waals surface area contributed by atoms with Crippen molar-refractivity contribution in [3.63, 3.8) is 0 Å². The third kappa shape index (κ3) is 7.43. The average Bonchev–Trinajstić information content (AvgIpc) is 3.34. The maximum Gasteiger partial charge on any atom is 0.306 e. The van der Waals surface area contributed by atoms with Crippen molar-refractivity contribution in [1.82, 2.24) is 9.88 Å². The van der Waals surface area contributed by atoms with Crippen LogP contribution in [-0.2, 0) is 27.1 Å². The Kier molecular flexibility index (Phi) is 9.59. The van der Waals surface area contributed by atoms with Crippen molar-refractivity contribution in [2.75, 3.05) is 52.3 Å². The lowest BCUT2D eigenvalue weighted by atomic mass is 9.94. The molecule has 0 radical (unpaired) electrons. The molecular formula is C29H41N3O4. The lowest BCUT2D eigenvalue weighted by Crippen LogP contribution is -2.28. The number of aryl methyl sites for hydroxylation is 2. The van der Waals surface area contributed by atoms with E-state index in [1.54, 1.807) is 7.11 Å². The standard InChI is InChI=1S/C29H41N3O4/c1-21(20-34-2)36-27-8-4-6-24(16-27)25(17-28(33)35-3)19-32-15-13-22(18-32)9-11-26-12-10-23-7-5-14-30-29(23)31-26/h4,6,8,10,12,16,21-22,25H,5,7,9,11,13-15,17-20H2,1-3H3,(H,30,31)/t21-,22+,25?/m0/s1. The topological polar surface area (TPSA) is 72.9 Å². The van der Waals surface area contributed by atoms with E-state index in [4.69, 9.17) is 19.2 Å². The van der Waals surface area contributed by atoms with Crippen LogP contribution in [0.15, 0.2) is 36.4 Å². The summed E-state index contributed by atoms with van der Waals surface area (Å²) in [6, 6.07) is 12.6. The number of hydrogen-bond acceptors (Lipinski definition) is 7. The van der Waals surface area contributed by atoms with Gasteiger partial charge >= 0.3 is 5.97 Å². The highest BCUT2D eigenvalue weighted by molar-refractivity contribution is 5.70. The summed E-state index contributed by atoms with van der Waals surface area (Å²) in [7, 11) is 3.13. The quantitative estimate of drug-likeness (QED) is 0.436. The van der Waals surface area contributed by atoms with E-state index in [1.807, 2.05) is 19.1 Å². The summed E-state index contributed by atoms with van der Waals surface area (Å²) >= 11 is 0. The number of nitrogens with one attached hydrogen (secondary N) is 1. The molecule has 4 rings (SSSR count). The molecule has 1 saturated heterocycles. The molecule has 36 heavy (non-hydrogen) atoms. The molecule has 2 aliphatic heterocycles. The van der Waals surface area contributed by atoms with Crippen molar-refractivity contribution in [2.24, 2.45) is 5.92 Å². The number of rotatable bonds is 12. The van der Waals surface area contributed by atoms with Gasteiger partial charge in [0.05, 0.1) is 20.1 Å².